The predicted octanol–water partition coefficient (Wildman–Crippen LogP) is 2.45. The van der Waals surface area contributed by atoms with Crippen molar-refractivity contribution < 1.29 is 0 Å². The van der Waals surface area contributed by atoms with Gasteiger partial charge in [0.05, 0.1) is 6.04 Å². The van der Waals surface area contributed by atoms with Crippen LogP contribution < -0.4 is 0 Å². The molecule has 18 heavy (non-hydrogen) atoms. The Kier molecular flexibility index (Phi) is 3.11. The molecule has 0 radical (unpaired) electrons. The molecule has 0 aromatic carbocycles. The molecule has 1 fully saturated rings. The lowest BCUT2D eigenvalue weighted by atomic mass is 10.2. The minimum atomic E-state index is 0.430. The van der Waals surface area contributed by atoms with E-state index in [1.165, 1.54) is 18.4 Å². The molecule has 0 unspecified atom stereocenters. The summed E-state index contributed by atoms with van der Waals surface area (Å²) in [5.74, 6) is 1.11. The van der Waals surface area contributed by atoms with Crippen molar-refractivity contribution >= 4 is 0 Å². The molecule has 94 valence electrons. The lowest BCUT2D eigenvalue weighted by Gasteiger charge is -2.22. The molecule has 0 spiro atoms. The van der Waals surface area contributed by atoms with Crippen LogP contribution >= 0.6 is 0 Å². The van der Waals surface area contributed by atoms with Gasteiger partial charge in [0.1, 0.15) is 5.82 Å². The van der Waals surface area contributed by atoms with Crippen molar-refractivity contribution in [1.29, 1.82) is 0 Å². The molecule has 1 saturated heterocycles. The third kappa shape index (κ3) is 2.29. The number of nitrogens with one attached hydrogen (secondary N) is 1. The number of aromatic amines is 1. The smallest absolute Gasteiger partial charge is 0.123 e. The normalized spacial score (nSPS) is 20.4. The lowest BCUT2D eigenvalue weighted by molar-refractivity contribution is 0.240. The van der Waals surface area contributed by atoms with Gasteiger partial charge >= 0.3 is 0 Å². The van der Waals surface area contributed by atoms with Gasteiger partial charge in [-0.05, 0) is 37.9 Å². The second-order valence-corrected chi connectivity index (χ2v) is 4.94. The fourth-order valence-electron chi connectivity index (χ4n) is 2.65. The highest BCUT2D eigenvalue weighted by Crippen LogP contribution is 2.31. The highest BCUT2D eigenvalue weighted by molar-refractivity contribution is 5.11. The van der Waals surface area contributed by atoms with Gasteiger partial charge in [-0.2, -0.15) is 0 Å². The van der Waals surface area contributed by atoms with E-state index in [1.807, 2.05) is 24.7 Å². The van der Waals surface area contributed by atoms with Gasteiger partial charge in [0.2, 0.25) is 0 Å². The van der Waals surface area contributed by atoms with Gasteiger partial charge in [-0.1, -0.05) is 6.07 Å². The van der Waals surface area contributed by atoms with Crippen molar-refractivity contribution in [3.8, 4) is 0 Å². The van der Waals surface area contributed by atoms with Crippen LogP contribution in [0.2, 0.25) is 0 Å². The Balaban J connectivity index is 1.75. The van der Waals surface area contributed by atoms with Crippen LogP contribution in [0.25, 0.3) is 0 Å². The van der Waals surface area contributed by atoms with Crippen molar-refractivity contribution in [3.63, 3.8) is 0 Å². The number of imidazole rings is 1. The standard InChI is InChI=1S/C14H18N4/c1-11-8-16-14(17-11)13-5-3-7-18(13)10-12-4-2-6-15-9-12/h2,4,6,8-9,13H,3,5,7,10H2,1H3,(H,16,17)/t13-/m0/s1. The van der Waals surface area contributed by atoms with Crippen LogP contribution in [0, 0.1) is 6.92 Å². The van der Waals surface area contributed by atoms with E-state index < -0.39 is 0 Å². The second-order valence-electron chi connectivity index (χ2n) is 4.94. The first kappa shape index (κ1) is 11.4. The molecule has 4 heteroatoms. The van der Waals surface area contributed by atoms with E-state index >= 15 is 0 Å². The number of rotatable bonds is 3. The molecule has 1 N–H and O–H groups in total. The Morgan fingerprint density at radius 2 is 2.39 bits per heavy atom. The Bertz CT molecular complexity index is 506. The maximum atomic E-state index is 4.48. The third-order valence-corrected chi connectivity index (χ3v) is 3.51. The Morgan fingerprint density at radius 1 is 1.44 bits per heavy atom. The summed E-state index contributed by atoms with van der Waals surface area (Å²) in [6.45, 7) is 4.15. The number of aryl methyl sites for hydroxylation is 1. The van der Waals surface area contributed by atoms with Crippen molar-refractivity contribution in [3.05, 3.63) is 47.8 Å². The largest absolute Gasteiger partial charge is 0.345 e. The molecule has 0 saturated carbocycles. The molecule has 2 aromatic rings. The minimum Gasteiger partial charge on any atom is -0.345 e. The zero-order valence-corrected chi connectivity index (χ0v) is 10.6. The monoisotopic (exact) mass is 242 g/mol. The number of aromatic nitrogens is 3. The SMILES string of the molecule is Cc1cnc([C@@H]2CCCN2Cc2cccnc2)[nH]1. The molecule has 4 nitrogen and oxygen atoms in total. The number of hydrogen-bond acceptors (Lipinski definition) is 3. The second kappa shape index (κ2) is 4.90. The predicted molar refractivity (Wildman–Crippen MR) is 69.9 cm³/mol. The summed E-state index contributed by atoms with van der Waals surface area (Å²) in [7, 11) is 0. The summed E-state index contributed by atoms with van der Waals surface area (Å²) in [5.41, 5.74) is 2.41. The van der Waals surface area contributed by atoms with Crippen LogP contribution in [0.5, 0.6) is 0 Å². The number of H-pyrrole nitrogens is 1. The van der Waals surface area contributed by atoms with E-state index in [1.54, 1.807) is 0 Å². The van der Waals surface area contributed by atoms with Crippen molar-refractivity contribution in [2.75, 3.05) is 6.54 Å². The lowest BCUT2D eigenvalue weighted by Crippen LogP contribution is -2.23. The zero-order chi connectivity index (χ0) is 12.4. The van der Waals surface area contributed by atoms with Gasteiger partial charge in [-0.25, -0.2) is 4.98 Å². The number of pyridine rings is 1. The zero-order valence-electron chi connectivity index (χ0n) is 10.6. The molecule has 0 amide bonds. The minimum absolute atomic E-state index is 0.430. The van der Waals surface area contributed by atoms with E-state index in [0.717, 1.165) is 24.6 Å². The van der Waals surface area contributed by atoms with Gasteiger partial charge in [0, 0.05) is 30.8 Å². The van der Waals surface area contributed by atoms with E-state index in [-0.39, 0.29) is 0 Å². The van der Waals surface area contributed by atoms with Crippen LogP contribution in [-0.4, -0.2) is 26.4 Å². The highest BCUT2D eigenvalue weighted by atomic mass is 15.2. The first-order valence-corrected chi connectivity index (χ1v) is 6.47. The van der Waals surface area contributed by atoms with E-state index in [0.29, 0.717) is 6.04 Å². The first-order valence-electron chi connectivity index (χ1n) is 6.47. The van der Waals surface area contributed by atoms with Crippen molar-refractivity contribution in [2.24, 2.45) is 0 Å². The van der Waals surface area contributed by atoms with Gasteiger partial charge < -0.3 is 4.98 Å². The Labute approximate surface area is 107 Å². The van der Waals surface area contributed by atoms with E-state index in [9.17, 15) is 0 Å². The molecule has 2 aromatic heterocycles. The van der Waals surface area contributed by atoms with Crippen LogP contribution in [0.4, 0.5) is 0 Å². The average Bonchev–Trinajstić information content (AvgIpc) is 2.99. The van der Waals surface area contributed by atoms with Crippen LogP contribution in [0.1, 0.15) is 36.0 Å². The highest BCUT2D eigenvalue weighted by Gasteiger charge is 2.27. The van der Waals surface area contributed by atoms with Crippen LogP contribution in [0.15, 0.2) is 30.7 Å². The summed E-state index contributed by atoms with van der Waals surface area (Å²) in [4.78, 5) is 14.5. The molecule has 0 aliphatic carbocycles. The quantitative estimate of drug-likeness (QED) is 0.899. The molecule has 1 aliphatic heterocycles. The molecule has 3 rings (SSSR count). The molecule has 3 heterocycles. The fourth-order valence-corrected chi connectivity index (χ4v) is 2.65. The molecular weight excluding hydrogens is 224 g/mol. The van der Waals surface area contributed by atoms with Gasteiger partial charge in [0.15, 0.2) is 0 Å². The fraction of sp³-hybridized carbons (Fsp3) is 0.429. The summed E-state index contributed by atoms with van der Waals surface area (Å²) in [6.07, 6.45) is 8.11. The van der Waals surface area contributed by atoms with Gasteiger partial charge in [0.25, 0.3) is 0 Å². The Hall–Kier alpha value is -1.68. The topological polar surface area (TPSA) is 44.8 Å². The van der Waals surface area contributed by atoms with Crippen LogP contribution in [0.3, 0.4) is 0 Å². The Morgan fingerprint density at radius 3 is 3.11 bits per heavy atom. The van der Waals surface area contributed by atoms with Crippen molar-refractivity contribution in [1.82, 2.24) is 19.9 Å². The molecule has 1 aliphatic rings. The number of nitrogens with zero attached hydrogens (tertiary/aromatic N) is 3. The van der Waals surface area contributed by atoms with Crippen LogP contribution in [-0.2, 0) is 6.54 Å². The third-order valence-electron chi connectivity index (χ3n) is 3.51. The van der Waals surface area contributed by atoms with E-state index in [4.69, 9.17) is 0 Å². The number of likely N-dealkylation sites (tertiary alicyclic amines) is 1. The van der Waals surface area contributed by atoms with Gasteiger partial charge in [-0.15, -0.1) is 0 Å². The molecule has 0 bridgehead atoms. The van der Waals surface area contributed by atoms with Gasteiger partial charge in [-0.3, -0.25) is 9.88 Å². The average molecular weight is 242 g/mol. The summed E-state index contributed by atoms with van der Waals surface area (Å²) in [6, 6.07) is 4.56. The van der Waals surface area contributed by atoms with E-state index in [2.05, 4.69) is 32.8 Å². The molecular formula is C14H18N4. The summed E-state index contributed by atoms with van der Waals surface area (Å²) >= 11 is 0. The maximum Gasteiger partial charge on any atom is 0.123 e. The first-order chi connectivity index (χ1) is 8.83. The summed E-state index contributed by atoms with van der Waals surface area (Å²) in [5, 5.41) is 0. The van der Waals surface area contributed by atoms with Crippen molar-refractivity contribution in [2.45, 2.75) is 32.4 Å². The molecule has 1 atom stereocenters. The number of hydrogen-bond donors (Lipinski definition) is 1. The maximum absolute atomic E-state index is 4.48. The summed E-state index contributed by atoms with van der Waals surface area (Å²) < 4.78 is 0.